The summed E-state index contributed by atoms with van der Waals surface area (Å²) in [6.07, 6.45) is 3.79. The Hall–Kier alpha value is -0.880. The average molecular weight is 331 g/mol. The normalized spacial score (nSPS) is 10.8. The van der Waals surface area contributed by atoms with Crippen LogP contribution in [0.5, 0.6) is 0 Å². The molecule has 0 amide bonds. The summed E-state index contributed by atoms with van der Waals surface area (Å²) in [5.41, 5.74) is 0. The van der Waals surface area contributed by atoms with Crippen molar-refractivity contribution in [3.05, 3.63) is 10.7 Å². The zero-order valence-electron chi connectivity index (χ0n) is 11.9. The van der Waals surface area contributed by atoms with Crippen molar-refractivity contribution >= 4 is 27.7 Å². The van der Waals surface area contributed by atoms with Crippen molar-refractivity contribution in [3.8, 4) is 0 Å². The van der Waals surface area contributed by atoms with Gasteiger partial charge in [0.1, 0.15) is 5.82 Å². The molecule has 0 aliphatic carbocycles. The highest BCUT2D eigenvalue weighted by molar-refractivity contribution is 9.10. The minimum atomic E-state index is 0.115. The first-order valence-corrected chi connectivity index (χ1v) is 7.61. The van der Waals surface area contributed by atoms with E-state index >= 15 is 0 Å². The number of aliphatic hydroxyl groups excluding tert-OH is 1. The van der Waals surface area contributed by atoms with E-state index in [1.165, 1.54) is 0 Å². The molecule has 0 saturated carbocycles. The number of aromatic nitrogens is 2. The SMILES string of the molecule is CCNc1ncc(Br)c(N(CCO)C(CC)CC)n1. The monoisotopic (exact) mass is 330 g/mol. The van der Waals surface area contributed by atoms with Gasteiger partial charge in [0, 0.05) is 25.3 Å². The van der Waals surface area contributed by atoms with Crippen LogP contribution in [0.1, 0.15) is 33.6 Å². The maximum absolute atomic E-state index is 9.29. The van der Waals surface area contributed by atoms with Gasteiger partial charge in [-0.2, -0.15) is 4.98 Å². The summed E-state index contributed by atoms with van der Waals surface area (Å²) in [5, 5.41) is 12.4. The third kappa shape index (κ3) is 4.31. The maximum atomic E-state index is 9.29. The highest BCUT2D eigenvalue weighted by atomic mass is 79.9. The molecule has 108 valence electrons. The molecule has 1 rings (SSSR count). The predicted molar refractivity (Wildman–Crippen MR) is 82.7 cm³/mol. The molecule has 0 unspecified atom stereocenters. The Morgan fingerprint density at radius 3 is 2.58 bits per heavy atom. The lowest BCUT2D eigenvalue weighted by molar-refractivity contribution is 0.295. The Morgan fingerprint density at radius 2 is 2.05 bits per heavy atom. The largest absolute Gasteiger partial charge is 0.395 e. The molecule has 0 spiro atoms. The first-order valence-electron chi connectivity index (χ1n) is 6.81. The lowest BCUT2D eigenvalue weighted by Gasteiger charge is -2.31. The van der Waals surface area contributed by atoms with E-state index in [2.05, 4.69) is 50.0 Å². The van der Waals surface area contributed by atoms with Crippen LogP contribution >= 0.6 is 15.9 Å². The minimum Gasteiger partial charge on any atom is -0.395 e. The van der Waals surface area contributed by atoms with Crippen LogP contribution in [0, 0.1) is 0 Å². The second-order valence-corrected chi connectivity index (χ2v) is 5.14. The predicted octanol–water partition coefficient (Wildman–Crippen LogP) is 2.66. The van der Waals surface area contributed by atoms with Crippen molar-refractivity contribution in [2.75, 3.05) is 29.9 Å². The molecule has 5 nitrogen and oxygen atoms in total. The fourth-order valence-electron chi connectivity index (χ4n) is 2.10. The summed E-state index contributed by atoms with van der Waals surface area (Å²) >= 11 is 3.50. The molecule has 6 heteroatoms. The molecule has 0 bridgehead atoms. The Morgan fingerprint density at radius 1 is 1.37 bits per heavy atom. The number of hydrogen-bond donors (Lipinski definition) is 2. The van der Waals surface area contributed by atoms with Crippen molar-refractivity contribution in [1.82, 2.24) is 9.97 Å². The summed E-state index contributed by atoms with van der Waals surface area (Å²) in [6, 6.07) is 0.368. The fraction of sp³-hybridized carbons (Fsp3) is 0.692. The lowest BCUT2D eigenvalue weighted by atomic mass is 10.1. The van der Waals surface area contributed by atoms with Gasteiger partial charge < -0.3 is 15.3 Å². The molecule has 0 aliphatic heterocycles. The van der Waals surface area contributed by atoms with Crippen LogP contribution in [0.2, 0.25) is 0 Å². The third-order valence-electron chi connectivity index (χ3n) is 3.06. The highest BCUT2D eigenvalue weighted by Gasteiger charge is 2.19. The minimum absolute atomic E-state index is 0.115. The van der Waals surface area contributed by atoms with Gasteiger partial charge in [0.05, 0.1) is 11.1 Å². The number of nitrogens with zero attached hydrogens (tertiary/aromatic N) is 3. The van der Waals surface area contributed by atoms with Crippen LogP contribution in [-0.4, -0.2) is 40.8 Å². The second-order valence-electron chi connectivity index (χ2n) is 4.28. The Balaban J connectivity index is 3.09. The second kappa shape index (κ2) is 8.32. The Labute approximate surface area is 123 Å². The standard InChI is InChI=1S/C13H23BrN4O/c1-4-10(5-2)18(7-8-19)12-11(14)9-16-13(17-12)15-6-3/h9-10,19H,4-8H2,1-3H3,(H,15,16,17). The van der Waals surface area contributed by atoms with E-state index in [1.54, 1.807) is 6.20 Å². The first kappa shape index (κ1) is 16.2. The first-order chi connectivity index (χ1) is 9.17. The van der Waals surface area contributed by atoms with E-state index in [4.69, 9.17) is 0 Å². The zero-order chi connectivity index (χ0) is 14.3. The average Bonchev–Trinajstić information content (AvgIpc) is 2.42. The molecular formula is C13H23BrN4O. The fourth-order valence-corrected chi connectivity index (χ4v) is 2.52. The van der Waals surface area contributed by atoms with E-state index in [9.17, 15) is 5.11 Å². The molecule has 1 aromatic heterocycles. The molecule has 0 aliphatic rings. The number of anilines is 2. The van der Waals surface area contributed by atoms with Crippen molar-refractivity contribution in [2.45, 2.75) is 39.7 Å². The van der Waals surface area contributed by atoms with E-state index in [1.807, 2.05) is 6.92 Å². The van der Waals surface area contributed by atoms with Crippen molar-refractivity contribution in [1.29, 1.82) is 0 Å². The molecule has 19 heavy (non-hydrogen) atoms. The smallest absolute Gasteiger partial charge is 0.224 e. The molecule has 1 heterocycles. The maximum Gasteiger partial charge on any atom is 0.224 e. The summed E-state index contributed by atoms with van der Waals surface area (Å²) < 4.78 is 0.856. The summed E-state index contributed by atoms with van der Waals surface area (Å²) in [7, 11) is 0. The molecule has 0 radical (unpaired) electrons. The van der Waals surface area contributed by atoms with E-state index in [0.717, 1.165) is 29.7 Å². The van der Waals surface area contributed by atoms with Crippen molar-refractivity contribution in [3.63, 3.8) is 0 Å². The highest BCUT2D eigenvalue weighted by Crippen LogP contribution is 2.27. The van der Waals surface area contributed by atoms with E-state index in [0.29, 0.717) is 18.5 Å². The van der Waals surface area contributed by atoms with Crippen molar-refractivity contribution < 1.29 is 5.11 Å². The molecule has 0 atom stereocenters. The number of aliphatic hydroxyl groups is 1. The zero-order valence-corrected chi connectivity index (χ0v) is 13.4. The Bertz CT molecular complexity index is 385. The van der Waals surface area contributed by atoms with Gasteiger partial charge in [-0.3, -0.25) is 0 Å². The molecule has 0 aromatic carbocycles. The van der Waals surface area contributed by atoms with Crippen LogP contribution in [0.15, 0.2) is 10.7 Å². The molecule has 0 saturated heterocycles. The van der Waals surface area contributed by atoms with Gasteiger partial charge in [-0.05, 0) is 35.7 Å². The van der Waals surface area contributed by atoms with E-state index in [-0.39, 0.29) is 6.61 Å². The molecular weight excluding hydrogens is 308 g/mol. The van der Waals surface area contributed by atoms with Crippen LogP contribution in [-0.2, 0) is 0 Å². The van der Waals surface area contributed by atoms with Gasteiger partial charge in [-0.25, -0.2) is 4.98 Å². The molecule has 0 fully saturated rings. The van der Waals surface area contributed by atoms with E-state index < -0.39 is 0 Å². The van der Waals surface area contributed by atoms with Gasteiger partial charge in [0.2, 0.25) is 5.95 Å². The molecule has 2 N–H and O–H groups in total. The Kier molecular flexibility index (Phi) is 7.09. The van der Waals surface area contributed by atoms with Crippen molar-refractivity contribution in [2.24, 2.45) is 0 Å². The van der Waals surface area contributed by atoms with Crippen LogP contribution in [0.25, 0.3) is 0 Å². The third-order valence-corrected chi connectivity index (χ3v) is 3.62. The number of hydrogen-bond acceptors (Lipinski definition) is 5. The van der Waals surface area contributed by atoms with Crippen LogP contribution in [0.3, 0.4) is 0 Å². The summed E-state index contributed by atoms with van der Waals surface area (Å²) in [6.45, 7) is 7.79. The van der Waals surface area contributed by atoms with Gasteiger partial charge in [-0.1, -0.05) is 13.8 Å². The van der Waals surface area contributed by atoms with Gasteiger partial charge in [-0.15, -0.1) is 0 Å². The van der Waals surface area contributed by atoms with Gasteiger partial charge in [0.25, 0.3) is 0 Å². The van der Waals surface area contributed by atoms with Crippen LogP contribution in [0.4, 0.5) is 11.8 Å². The van der Waals surface area contributed by atoms with Gasteiger partial charge in [0.15, 0.2) is 0 Å². The number of nitrogens with one attached hydrogen (secondary N) is 1. The quantitative estimate of drug-likeness (QED) is 0.767. The lowest BCUT2D eigenvalue weighted by Crippen LogP contribution is -2.37. The number of rotatable bonds is 8. The van der Waals surface area contributed by atoms with Crippen LogP contribution < -0.4 is 10.2 Å². The summed E-state index contributed by atoms with van der Waals surface area (Å²) in [5.74, 6) is 1.46. The van der Waals surface area contributed by atoms with Gasteiger partial charge >= 0.3 is 0 Å². The topological polar surface area (TPSA) is 61.3 Å². The number of halogens is 1. The molecule has 1 aromatic rings. The summed E-state index contributed by atoms with van der Waals surface area (Å²) in [4.78, 5) is 10.9.